The second kappa shape index (κ2) is 12.6. The molecule has 3 N–H and O–H groups in total. The minimum Gasteiger partial charge on any atom is -0.492 e. The third-order valence-electron chi connectivity index (χ3n) is 4.84. The normalized spacial score (nSPS) is 13.9. The molecule has 31 heavy (non-hydrogen) atoms. The van der Waals surface area contributed by atoms with Gasteiger partial charge in [-0.3, -0.25) is 9.69 Å². The van der Waals surface area contributed by atoms with Crippen molar-refractivity contribution in [1.29, 1.82) is 0 Å². The first-order chi connectivity index (χ1) is 15.2. The zero-order valence-corrected chi connectivity index (χ0v) is 17.6. The van der Waals surface area contributed by atoms with E-state index in [1.807, 2.05) is 42.5 Å². The first-order valence-electron chi connectivity index (χ1n) is 10.6. The predicted molar refractivity (Wildman–Crippen MR) is 119 cm³/mol. The standard InChI is InChI=1S/C23H30N4O4/c28-22(9-10-24-23(29)26-20-6-2-1-3-7-20)25-18-19-5-4-8-21(17-19)31-16-13-27-11-14-30-15-12-27/h1-8,17H,9-16,18H2,(H,25,28)(H2,24,26,29). The van der Waals surface area contributed by atoms with Crippen LogP contribution in [0.25, 0.3) is 0 Å². The topological polar surface area (TPSA) is 91.9 Å². The first kappa shape index (κ1) is 22.6. The van der Waals surface area contributed by atoms with E-state index in [9.17, 15) is 9.59 Å². The summed E-state index contributed by atoms with van der Waals surface area (Å²) in [4.78, 5) is 26.2. The maximum Gasteiger partial charge on any atom is 0.319 e. The van der Waals surface area contributed by atoms with Crippen LogP contribution in [0.5, 0.6) is 5.75 Å². The average Bonchev–Trinajstić information content (AvgIpc) is 2.79. The van der Waals surface area contributed by atoms with Crippen molar-refractivity contribution in [3.05, 3.63) is 60.2 Å². The maximum atomic E-state index is 12.1. The molecule has 1 heterocycles. The number of carbonyl (C=O) groups is 2. The van der Waals surface area contributed by atoms with Crippen LogP contribution in [0.3, 0.4) is 0 Å². The molecule has 0 aromatic heterocycles. The van der Waals surface area contributed by atoms with E-state index in [0.717, 1.165) is 44.2 Å². The Morgan fingerprint density at radius 2 is 1.81 bits per heavy atom. The third kappa shape index (κ3) is 8.65. The number of benzene rings is 2. The van der Waals surface area contributed by atoms with Crippen LogP contribution in [-0.2, 0) is 16.1 Å². The van der Waals surface area contributed by atoms with Gasteiger partial charge in [0.05, 0.1) is 13.2 Å². The summed E-state index contributed by atoms with van der Waals surface area (Å²) in [6.07, 6.45) is 0.206. The van der Waals surface area contributed by atoms with Crippen molar-refractivity contribution in [2.24, 2.45) is 0 Å². The molecule has 166 valence electrons. The Labute approximate surface area is 182 Å². The summed E-state index contributed by atoms with van der Waals surface area (Å²) in [5, 5.41) is 8.26. The van der Waals surface area contributed by atoms with Gasteiger partial charge in [0, 0.05) is 44.8 Å². The van der Waals surface area contributed by atoms with Crippen LogP contribution >= 0.6 is 0 Å². The Kier molecular flexibility index (Phi) is 9.15. The van der Waals surface area contributed by atoms with Crippen molar-refractivity contribution in [3.63, 3.8) is 0 Å². The molecule has 2 aromatic carbocycles. The summed E-state index contributed by atoms with van der Waals surface area (Å²) >= 11 is 0. The molecule has 0 unspecified atom stereocenters. The zero-order chi connectivity index (χ0) is 21.7. The van der Waals surface area contributed by atoms with Gasteiger partial charge in [-0.25, -0.2) is 4.79 Å². The number of morpholine rings is 1. The number of ether oxygens (including phenoxy) is 2. The summed E-state index contributed by atoms with van der Waals surface area (Å²) in [6.45, 7) is 5.60. The molecule has 0 spiro atoms. The lowest BCUT2D eigenvalue weighted by atomic mass is 10.2. The van der Waals surface area contributed by atoms with Gasteiger partial charge in [0.1, 0.15) is 12.4 Å². The molecule has 3 amide bonds. The highest BCUT2D eigenvalue weighted by atomic mass is 16.5. The quantitative estimate of drug-likeness (QED) is 0.542. The van der Waals surface area contributed by atoms with Crippen molar-refractivity contribution in [3.8, 4) is 5.75 Å². The number of nitrogens with zero attached hydrogens (tertiary/aromatic N) is 1. The Balaban J connectivity index is 1.30. The molecule has 8 heteroatoms. The Morgan fingerprint density at radius 1 is 1.00 bits per heavy atom. The van der Waals surface area contributed by atoms with E-state index in [2.05, 4.69) is 20.9 Å². The number of anilines is 1. The van der Waals surface area contributed by atoms with Crippen LogP contribution in [0.4, 0.5) is 10.5 Å². The lowest BCUT2D eigenvalue weighted by Gasteiger charge is -2.26. The van der Waals surface area contributed by atoms with E-state index in [4.69, 9.17) is 9.47 Å². The number of urea groups is 1. The van der Waals surface area contributed by atoms with Crippen LogP contribution in [0.1, 0.15) is 12.0 Å². The van der Waals surface area contributed by atoms with Gasteiger partial charge in [0.25, 0.3) is 0 Å². The molecular weight excluding hydrogens is 396 g/mol. The van der Waals surface area contributed by atoms with Crippen LogP contribution in [0.15, 0.2) is 54.6 Å². The van der Waals surface area contributed by atoms with Gasteiger partial charge >= 0.3 is 6.03 Å². The number of rotatable bonds is 10. The number of para-hydroxylation sites is 1. The van der Waals surface area contributed by atoms with Crippen molar-refractivity contribution in [1.82, 2.24) is 15.5 Å². The van der Waals surface area contributed by atoms with Gasteiger partial charge in [-0.2, -0.15) is 0 Å². The number of carbonyl (C=O) groups excluding carboxylic acids is 2. The van der Waals surface area contributed by atoms with E-state index in [0.29, 0.717) is 18.8 Å². The molecule has 1 aliphatic rings. The minimum absolute atomic E-state index is 0.126. The van der Waals surface area contributed by atoms with Gasteiger partial charge in [-0.1, -0.05) is 30.3 Å². The fourth-order valence-electron chi connectivity index (χ4n) is 3.14. The van der Waals surface area contributed by atoms with E-state index < -0.39 is 0 Å². The highest BCUT2D eigenvalue weighted by molar-refractivity contribution is 5.89. The minimum atomic E-state index is -0.332. The SMILES string of the molecule is O=C(CCNC(=O)Nc1ccccc1)NCc1cccc(OCCN2CCOCC2)c1. The molecule has 1 saturated heterocycles. The second-order valence-corrected chi connectivity index (χ2v) is 7.22. The predicted octanol–water partition coefficient (Wildman–Crippen LogP) is 2.23. The molecule has 0 saturated carbocycles. The van der Waals surface area contributed by atoms with Crippen molar-refractivity contribution in [2.45, 2.75) is 13.0 Å². The molecule has 0 bridgehead atoms. The number of nitrogens with one attached hydrogen (secondary N) is 3. The largest absolute Gasteiger partial charge is 0.492 e. The highest BCUT2D eigenvalue weighted by Crippen LogP contribution is 2.13. The second-order valence-electron chi connectivity index (χ2n) is 7.22. The Hall–Kier alpha value is -3.10. The molecule has 3 rings (SSSR count). The summed E-state index contributed by atoms with van der Waals surface area (Å²) in [6, 6.07) is 16.5. The van der Waals surface area contributed by atoms with Crippen molar-refractivity contribution < 1.29 is 19.1 Å². The number of hydrogen-bond donors (Lipinski definition) is 3. The van der Waals surface area contributed by atoms with Gasteiger partial charge in [-0.15, -0.1) is 0 Å². The lowest BCUT2D eigenvalue weighted by molar-refractivity contribution is -0.121. The van der Waals surface area contributed by atoms with Gasteiger partial charge < -0.3 is 25.4 Å². The van der Waals surface area contributed by atoms with Gasteiger partial charge in [0.2, 0.25) is 5.91 Å². The summed E-state index contributed by atoms with van der Waals surface area (Å²) in [5.74, 6) is 0.665. The molecule has 2 aromatic rings. The molecule has 0 atom stereocenters. The smallest absolute Gasteiger partial charge is 0.319 e. The first-order valence-corrected chi connectivity index (χ1v) is 10.6. The fourth-order valence-corrected chi connectivity index (χ4v) is 3.14. The van der Waals surface area contributed by atoms with Crippen LogP contribution in [0, 0.1) is 0 Å². The molecule has 1 fully saturated rings. The summed E-state index contributed by atoms with van der Waals surface area (Å²) in [7, 11) is 0. The van der Waals surface area contributed by atoms with E-state index in [-0.39, 0.29) is 24.9 Å². The van der Waals surface area contributed by atoms with Crippen molar-refractivity contribution in [2.75, 3.05) is 51.3 Å². The van der Waals surface area contributed by atoms with Gasteiger partial charge in [0.15, 0.2) is 0 Å². The third-order valence-corrected chi connectivity index (χ3v) is 4.84. The monoisotopic (exact) mass is 426 g/mol. The van der Waals surface area contributed by atoms with E-state index >= 15 is 0 Å². The summed E-state index contributed by atoms with van der Waals surface area (Å²) in [5.41, 5.74) is 1.67. The fraction of sp³-hybridized carbons (Fsp3) is 0.391. The lowest BCUT2D eigenvalue weighted by Crippen LogP contribution is -2.38. The molecule has 1 aliphatic heterocycles. The average molecular weight is 427 g/mol. The van der Waals surface area contributed by atoms with Crippen LogP contribution < -0.4 is 20.7 Å². The number of amides is 3. The van der Waals surface area contributed by atoms with Crippen molar-refractivity contribution >= 4 is 17.6 Å². The van der Waals surface area contributed by atoms with E-state index in [1.54, 1.807) is 12.1 Å². The highest BCUT2D eigenvalue weighted by Gasteiger charge is 2.10. The molecule has 0 radical (unpaired) electrons. The van der Waals surface area contributed by atoms with Crippen LogP contribution in [0.2, 0.25) is 0 Å². The zero-order valence-electron chi connectivity index (χ0n) is 17.6. The maximum absolute atomic E-state index is 12.1. The Bertz CT molecular complexity index is 825. The summed E-state index contributed by atoms with van der Waals surface area (Å²) < 4.78 is 11.2. The number of hydrogen-bond acceptors (Lipinski definition) is 5. The van der Waals surface area contributed by atoms with E-state index in [1.165, 1.54) is 0 Å². The van der Waals surface area contributed by atoms with Crippen LogP contribution in [-0.4, -0.2) is 62.8 Å². The molecule has 0 aliphatic carbocycles. The Morgan fingerprint density at radius 3 is 2.61 bits per heavy atom. The van der Waals surface area contributed by atoms with Gasteiger partial charge in [-0.05, 0) is 29.8 Å². The molecular formula is C23H30N4O4. The molecule has 8 nitrogen and oxygen atoms in total.